The maximum Gasteiger partial charge on any atom is 0.306 e. The summed E-state index contributed by atoms with van der Waals surface area (Å²) in [5.74, 6) is -1.05. The van der Waals surface area contributed by atoms with E-state index in [0.29, 0.717) is 6.54 Å². The van der Waals surface area contributed by atoms with Gasteiger partial charge in [0.05, 0.1) is 9.82 Å². The molecule has 0 spiro atoms. The van der Waals surface area contributed by atoms with Crippen molar-refractivity contribution >= 4 is 15.7 Å². The fourth-order valence-corrected chi connectivity index (χ4v) is 3.07. The summed E-state index contributed by atoms with van der Waals surface area (Å²) >= 11 is 0. The molecule has 0 saturated heterocycles. The Morgan fingerprint density at radius 1 is 1.24 bits per heavy atom. The number of sulfonamides is 1. The standard InChI is InChI=1S/C12H18FN3O4S/c1-9-7-10(13)11(16(17)18)8-12(9)21(19,20)15(4)6-5-14(2)3/h7-8H,5-6H2,1-4H3. The fraction of sp³-hybridized carbons (Fsp3) is 0.500. The van der Waals surface area contributed by atoms with E-state index in [0.717, 1.165) is 16.4 Å². The van der Waals surface area contributed by atoms with Gasteiger partial charge >= 0.3 is 5.69 Å². The zero-order valence-electron chi connectivity index (χ0n) is 12.3. The van der Waals surface area contributed by atoms with Gasteiger partial charge in [0.15, 0.2) is 0 Å². The molecule has 0 fully saturated rings. The summed E-state index contributed by atoms with van der Waals surface area (Å²) < 4.78 is 39.4. The van der Waals surface area contributed by atoms with Gasteiger partial charge in [-0.05, 0) is 32.6 Å². The number of likely N-dealkylation sites (N-methyl/N-ethyl adjacent to an activating group) is 2. The molecule has 0 aliphatic heterocycles. The molecule has 118 valence electrons. The molecule has 0 atom stereocenters. The number of nitrogens with zero attached hydrogens (tertiary/aromatic N) is 3. The molecule has 0 aliphatic carbocycles. The minimum absolute atomic E-state index is 0.134. The SMILES string of the molecule is Cc1cc(F)c([N+](=O)[O-])cc1S(=O)(=O)N(C)CCN(C)C. The lowest BCUT2D eigenvalue weighted by Gasteiger charge is -2.20. The minimum atomic E-state index is -3.90. The maximum atomic E-state index is 13.5. The molecule has 21 heavy (non-hydrogen) atoms. The van der Waals surface area contributed by atoms with E-state index in [1.165, 1.54) is 14.0 Å². The number of nitro groups is 1. The van der Waals surface area contributed by atoms with Gasteiger partial charge in [-0.1, -0.05) is 0 Å². The second-order valence-corrected chi connectivity index (χ2v) is 6.97. The molecule has 0 heterocycles. The van der Waals surface area contributed by atoms with Crippen LogP contribution in [0.3, 0.4) is 0 Å². The van der Waals surface area contributed by atoms with E-state index in [9.17, 15) is 22.9 Å². The Hall–Kier alpha value is -1.58. The Kier molecular flexibility index (Phi) is 5.37. The van der Waals surface area contributed by atoms with Crippen molar-refractivity contribution in [2.45, 2.75) is 11.8 Å². The predicted octanol–water partition coefficient (Wildman–Crippen LogP) is 1.22. The summed E-state index contributed by atoms with van der Waals surface area (Å²) in [6, 6.07) is 1.64. The number of aryl methyl sites for hydroxylation is 1. The van der Waals surface area contributed by atoms with Gasteiger partial charge in [-0.25, -0.2) is 8.42 Å². The molecule has 0 amide bonds. The van der Waals surface area contributed by atoms with Crippen LogP contribution in [0.2, 0.25) is 0 Å². The number of hydrogen-bond acceptors (Lipinski definition) is 5. The Bertz CT molecular complexity index is 646. The molecule has 1 aromatic rings. The molecule has 0 aliphatic rings. The highest BCUT2D eigenvalue weighted by Gasteiger charge is 2.27. The summed E-state index contributed by atoms with van der Waals surface area (Å²) in [5.41, 5.74) is -0.713. The predicted molar refractivity (Wildman–Crippen MR) is 76.2 cm³/mol. The number of nitro benzene ring substituents is 1. The van der Waals surface area contributed by atoms with Gasteiger partial charge in [-0.2, -0.15) is 8.70 Å². The average molecular weight is 319 g/mol. The van der Waals surface area contributed by atoms with E-state index >= 15 is 0 Å². The van der Waals surface area contributed by atoms with Gasteiger partial charge in [-0.3, -0.25) is 10.1 Å². The van der Waals surface area contributed by atoms with Crippen molar-refractivity contribution < 1.29 is 17.7 Å². The third kappa shape index (κ3) is 3.96. The monoisotopic (exact) mass is 319 g/mol. The van der Waals surface area contributed by atoms with E-state index in [2.05, 4.69) is 0 Å². The largest absolute Gasteiger partial charge is 0.308 e. The summed E-state index contributed by atoms with van der Waals surface area (Å²) in [6.45, 7) is 2.12. The molecule has 0 aromatic heterocycles. The van der Waals surface area contributed by atoms with Crippen molar-refractivity contribution in [2.75, 3.05) is 34.2 Å². The molecule has 0 saturated carbocycles. The van der Waals surface area contributed by atoms with E-state index < -0.39 is 26.5 Å². The third-order valence-corrected chi connectivity index (χ3v) is 4.99. The second kappa shape index (κ2) is 6.46. The van der Waals surface area contributed by atoms with Crippen LogP contribution in [0.5, 0.6) is 0 Å². The van der Waals surface area contributed by atoms with Gasteiger partial charge in [0.2, 0.25) is 15.8 Å². The maximum absolute atomic E-state index is 13.5. The molecular weight excluding hydrogens is 301 g/mol. The summed E-state index contributed by atoms with van der Waals surface area (Å²) in [6.07, 6.45) is 0. The normalized spacial score (nSPS) is 12.1. The zero-order chi connectivity index (χ0) is 16.4. The highest BCUT2D eigenvalue weighted by Crippen LogP contribution is 2.27. The minimum Gasteiger partial charge on any atom is -0.308 e. The van der Waals surface area contributed by atoms with E-state index in [-0.39, 0.29) is 17.0 Å². The van der Waals surface area contributed by atoms with Crippen molar-refractivity contribution in [3.8, 4) is 0 Å². The Morgan fingerprint density at radius 2 is 1.81 bits per heavy atom. The first-order chi connectivity index (χ1) is 9.57. The number of halogens is 1. The number of rotatable bonds is 6. The van der Waals surface area contributed by atoms with Gasteiger partial charge < -0.3 is 4.90 Å². The molecular formula is C12H18FN3O4S. The molecule has 1 rings (SSSR count). The van der Waals surface area contributed by atoms with Crippen LogP contribution in [0.1, 0.15) is 5.56 Å². The van der Waals surface area contributed by atoms with Gasteiger partial charge in [0.25, 0.3) is 0 Å². The van der Waals surface area contributed by atoms with Crippen LogP contribution in [0.25, 0.3) is 0 Å². The van der Waals surface area contributed by atoms with Crippen molar-refractivity contribution in [2.24, 2.45) is 0 Å². The first-order valence-electron chi connectivity index (χ1n) is 6.13. The highest BCUT2D eigenvalue weighted by molar-refractivity contribution is 7.89. The summed E-state index contributed by atoms with van der Waals surface area (Å²) in [7, 11) is 1.08. The number of hydrogen-bond donors (Lipinski definition) is 0. The van der Waals surface area contributed by atoms with Crippen LogP contribution in [0.15, 0.2) is 17.0 Å². The molecule has 0 N–H and O–H groups in total. The van der Waals surface area contributed by atoms with Crippen LogP contribution in [0.4, 0.5) is 10.1 Å². The lowest BCUT2D eigenvalue weighted by molar-refractivity contribution is -0.387. The van der Waals surface area contributed by atoms with Crippen LogP contribution in [0, 0.1) is 22.9 Å². The van der Waals surface area contributed by atoms with Crippen LogP contribution >= 0.6 is 0 Å². The molecule has 7 nitrogen and oxygen atoms in total. The lowest BCUT2D eigenvalue weighted by atomic mass is 10.2. The average Bonchev–Trinajstić information content (AvgIpc) is 2.34. The Balaban J connectivity index is 3.25. The molecule has 9 heteroatoms. The molecule has 1 aromatic carbocycles. The first kappa shape index (κ1) is 17.5. The van der Waals surface area contributed by atoms with Gasteiger partial charge in [-0.15, -0.1) is 0 Å². The molecule has 0 unspecified atom stereocenters. The van der Waals surface area contributed by atoms with Crippen molar-refractivity contribution in [1.82, 2.24) is 9.21 Å². The van der Waals surface area contributed by atoms with E-state index in [1.54, 1.807) is 14.1 Å². The van der Waals surface area contributed by atoms with Gasteiger partial charge in [0, 0.05) is 26.2 Å². The number of benzene rings is 1. The topological polar surface area (TPSA) is 83.8 Å². The molecule has 0 radical (unpaired) electrons. The smallest absolute Gasteiger partial charge is 0.306 e. The van der Waals surface area contributed by atoms with Gasteiger partial charge in [0.1, 0.15) is 0 Å². The second-order valence-electron chi connectivity index (χ2n) is 4.96. The summed E-state index contributed by atoms with van der Waals surface area (Å²) in [4.78, 5) is 11.4. The van der Waals surface area contributed by atoms with Crippen LogP contribution < -0.4 is 0 Å². The quantitative estimate of drug-likeness (QED) is 0.581. The fourth-order valence-electron chi connectivity index (χ4n) is 1.69. The van der Waals surface area contributed by atoms with E-state index in [4.69, 9.17) is 0 Å². The first-order valence-corrected chi connectivity index (χ1v) is 7.57. The van der Waals surface area contributed by atoms with Crippen molar-refractivity contribution in [1.29, 1.82) is 0 Å². The Labute approximate surface area is 123 Å². The van der Waals surface area contributed by atoms with Crippen LogP contribution in [-0.4, -0.2) is 56.8 Å². The Morgan fingerprint density at radius 3 is 2.29 bits per heavy atom. The summed E-state index contributed by atoms with van der Waals surface area (Å²) in [5, 5.41) is 10.7. The highest BCUT2D eigenvalue weighted by atomic mass is 32.2. The molecule has 0 bridgehead atoms. The van der Waals surface area contributed by atoms with Crippen molar-refractivity contribution in [3.63, 3.8) is 0 Å². The van der Waals surface area contributed by atoms with Crippen molar-refractivity contribution in [3.05, 3.63) is 33.6 Å². The zero-order valence-corrected chi connectivity index (χ0v) is 13.1. The van der Waals surface area contributed by atoms with E-state index in [1.807, 2.05) is 4.90 Å². The van der Waals surface area contributed by atoms with Crippen LogP contribution in [-0.2, 0) is 10.0 Å². The lowest BCUT2D eigenvalue weighted by Crippen LogP contribution is -2.33. The third-order valence-electron chi connectivity index (χ3n) is 2.99.